The third kappa shape index (κ3) is 5.79. The average molecular weight is 396 g/mol. The number of carbonyl (C=O) groups excluding carboxylic acids is 2. The summed E-state index contributed by atoms with van der Waals surface area (Å²) in [6.07, 6.45) is 3.81. The van der Waals surface area contributed by atoms with Crippen molar-refractivity contribution >= 4 is 12.0 Å². The summed E-state index contributed by atoms with van der Waals surface area (Å²) >= 11 is 0. The van der Waals surface area contributed by atoms with Crippen LogP contribution in [0, 0.1) is 0 Å². The minimum Gasteiger partial charge on any atom is -0.444 e. The van der Waals surface area contributed by atoms with Crippen LogP contribution < -0.4 is 0 Å². The van der Waals surface area contributed by atoms with Crippen LogP contribution in [-0.4, -0.2) is 58.6 Å². The molecule has 2 amide bonds. The monoisotopic (exact) mass is 395 g/mol. The Morgan fingerprint density at radius 2 is 1.55 bits per heavy atom. The molecular formula is C23H29N3O3. The van der Waals surface area contributed by atoms with Gasteiger partial charge in [0, 0.05) is 38.6 Å². The lowest BCUT2D eigenvalue weighted by molar-refractivity contribution is -0.134. The third-order valence-corrected chi connectivity index (χ3v) is 4.93. The fourth-order valence-electron chi connectivity index (χ4n) is 3.44. The van der Waals surface area contributed by atoms with E-state index >= 15 is 0 Å². The molecule has 1 saturated heterocycles. The molecule has 2 aromatic rings. The van der Waals surface area contributed by atoms with Crippen LogP contribution in [0.25, 0.3) is 0 Å². The number of ether oxygens (including phenoxy) is 1. The average Bonchev–Trinajstić information content (AvgIpc) is 2.72. The van der Waals surface area contributed by atoms with Crippen LogP contribution in [0.2, 0.25) is 0 Å². The summed E-state index contributed by atoms with van der Waals surface area (Å²) in [7, 11) is 0. The molecular weight excluding hydrogens is 366 g/mol. The molecule has 1 aromatic carbocycles. The van der Waals surface area contributed by atoms with Gasteiger partial charge in [-0.15, -0.1) is 0 Å². The number of benzene rings is 1. The zero-order valence-electron chi connectivity index (χ0n) is 17.4. The van der Waals surface area contributed by atoms with Crippen LogP contribution in [0.4, 0.5) is 4.79 Å². The van der Waals surface area contributed by atoms with Gasteiger partial charge in [-0.05, 0) is 50.5 Å². The Bertz CT molecular complexity index is 810. The van der Waals surface area contributed by atoms with Gasteiger partial charge in [0.2, 0.25) is 5.91 Å². The van der Waals surface area contributed by atoms with Gasteiger partial charge < -0.3 is 14.5 Å². The van der Waals surface area contributed by atoms with Crippen molar-refractivity contribution in [3.8, 4) is 0 Å². The second-order valence-corrected chi connectivity index (χ2v) is 8.32. The minimum atomic E-state index is -0.521. The van der Waals surface area contributed by atoms with Crippen molar-refractivity contribution in [2.45, 2.75) is 38.7 Å². The predicted molar refractivity (Wildman–Crippen MR) is 112 cm³/mol. The molecule has 1 aliphatic heterocycles. The molecule has 0 aliphatic carbocycles. The van der Waals surface area contributed by atoms with E-state index in [2.05, 4.69) is 4.98 Å². The first kappa shape index (κ1) is 20.8. The summed E-state index contributed by atoms with van der Waals surface area (Å²) in [5.74, 6) is -0.163. The van der Waals surface area contributed by atoms with Crippen molar-refractivity contribution in [1.82, 2.24) is 14.8 Å². The van der Waals surface area contributed by atoms with Crippen LogP contribution in [0.1, 0.15) is 37.8 Å². The van der Waals surface area contributed by atoms with E-state index in [1.807, 2.05) is 68.1 Å². The van der Waals surface area contributed by atoms with Gasteiger partial charge in [0.25, 0.3) is 0 Å². The van der Waals surface area contributed by atoms with E-state index in [0.717, 1.165) is 11.1 Å². The van der Waals surface area contributed by atoms with Gasteiger partial charge in [0.1, 0.15) is 5.60 Å². The maximum Gasteiger partial charge on any atom is 0.410 e. The first-order valence-electron chi connectivity index (χ1n) is 10.0. The first-order valence-corrected chi connectivity index (χ1v) is 10.0. The third-order valence-electron chi connectivity index (χ3n) is 4.93. The highest BCUT2D eigenvalue weighted by Crippen LogP contribution is 2.24. The Hall–Kier alpha value is -2.89. The number of carbonyl (C=O) groups is 2. The van der Waals surface area contributed by atoms with Gasteiger partial charge in [-0.1, -0.05) is 30.3 Å². The molecule has 3 rings (SSSR count). The number of pyridine rings is 1. The molecule has 154 valence electrons. The molecule has 0 N–H and O–H groups in total. The number of aromatic nitrogens is 1. The molecule has 6 heteroatoms. The van der Waals surface area contributed by atoms with Gasteiger partial charge in [-0.3, -0.25) is 9.78 Å². The minimum absolute atomic E-state index is 0.0943. The Labute approximate surface area is 172 Å². The SMILES string of the molecule is CC(C)(C)OC(=O)N1CCN(C(=O)C(Cc2ccncc2)c2ccccc2)CC1. The summed E-state index contributed by atoms with van der Waals surface area (Å²) in [6.45, 7) is 7.56. The molecule has 0 radical (unpaired) electrons. The quantitative estimate of drug-likeness (QED) is 0.795. The van der Waals surface area contributed by atoms with Crippen LogP contribution in [0.5, 0.6) is 0 Å². The van der Waals surface area contributed by atoms with Crippen molar-refractivity contribution in [1.29, 1.82) is 0 Å². The van der Waals surface area contributed by atoms with E-state index in [1.54, 1.807) is 17.3 Å². The highest BCUT2D eigenvalue weighted by atomic mass is 16.6. The van der Waals surface area contributed by atoms with Crippen LogP contribution >= 0.6 is 0 Å². The molecule has 0 bridgehead atoms. The van der Waals surface area contributed by atoms with E-state index in [-0.39, 0.29) is 17.9 Å². The zero-order valence-corrected chi connectivity index (χ0v) is 17.4. The summed E-state index contributed by atoms with van der Waals surface area (Å²) in [5, 5.41) is 0. The molecule has 6 nitrogen and oxygen atoms in total. The molecule has 1 fully saturated rings. The molecule has 29 heavy (non-hydrogen) atoms. The molecule has 1 atom stereocenters. The number of rotatable bonds is 4. The lowest BCUT2D eigenvalue weighted by Gasteiger charge is -2.37. The van der Waals surface area contributed by atoms with Gasteiger partial charge >= 0.3 is 6.09 Å². The highest BCUT2D eigenvalue weighted by Gasteiger charge is 2.31. The normalized spacial score (nSPS) is 15.7. The fourth-order valence-corrected chi connectivity index (χ4v) is 3.44. The van der Waals surface area contributed by atoms with Crippen molar-refractivity contribution in [2.75, 3.05) is 26.2 Å². The summed E-state index contributed by atoms with van der Waals surface area (Å²) < 4.78 is 5.45. The second kappa shape index (κ2) is 9.07. The van der Waals surface area contributed by atoms with E-state index in [9.17, 15) is 9.59 Å². The van der Waals surface area contributed by atoms with E-state index < -0.39 is 5.60 Å². The molecule has 2 heterocycles. The maximum absolute atomic E-state index is 13.4. The lowest BCUT2D eigenvalue weighted by Crippen LogP contribution is -2.52. The van der Waals surface area contributed by atoms with Crippen LogP contribution in [-0.2, 0) is 16.0 Å². The summed E-state index contributed by atoms with van der Waals surface area (Å²) in [5.41, 5.74) is 1.56. The van der Waals surface area contributed by atoms with Gasteiger partial charge in [-0.25, -0.2) is 4.79 Å². The largest absolute Gasteiger partial charge is 0.444 e. The van der Waals surface area contributed by atoms with E-state index in [4.69, 9.17) is 4.74 Å². The van der Waals surface area contributed by atoms with Crippen molar-refractivity contribution in [2.24, 2.45) is 0 Å². The molecule has 1 aromatic heterocycles. The zero-order chi connectivity index (χ0) is 20.9. The van der Waals surface area contributed by atoms with Gasteiger partial charge in [0.05, 0.1) is 5.92 Å². The number of piperazine rings is 1. The lowest BCUT2D eigenvalue weighted by atomic mass is 9.91. The fraction of sp³-hybridized carbons (Fsp3) is 0.435. The molecule has 0 spiro atoms. The molecule has 1 aliphatic rings. The van der Waals surface area contributed by atoms with E-state index in [1.165, 1.54) is 0 Å². The number of hydrogen-bond donors (Lipinski definition) is 0. The maximum atomic E-state index is 13.4. The highest BCUT2D eigenvalue weighted by molar-refractivity contribution is 5.84. The van der Waals surface area contributed by atoms with Crippen LogP contribution in [0.3, 0.4) is 0 Å². The predicted octanol–water partition coefficient (Wildman–Crippen LogP) is 3.49. The van der Waals surface area contributed by atoms with Gasteiger partial charge in [0.15, 0.2) is 0 Å². The molecule has 0 saturated carbocycles. The Balaban J connectivity index is 1.68. The van der Waals surface area contributed by atoms with E-state index in [0.29, 0.717) is 32.6 Å². The van der Waals surface area contributed by atoms with Crippen LogP contribution in [0.15, 0.2) is 54.9 Å². The number of amides is 2. The first-order chi connectivity index (χ1) is 13.8. The summed E-state index contributed by atoms with van der Waals surface area (Å²) in [4.78, 5) is 33.3. The number of hydrogen-bond acceptors (Lipinski definition) is 4. The number of nitrogens with zero attached hydrogens (tertiary/aromatic N) is 3. The Morgan fingerprint density at radius 3 is 2.14 bits per heavy atom. The molecule has 1 unspecified atom stereocenters. The summed E-state index contributed by atoms with van der Waals surface area (Å²) in [6, 6.07) is 13.8. The smallest absolute Gasteiger partial charge is 0.410 e. The standard InChI is InChI=1S/C23H29N3O3/c1-23(2,3)29-22(28)26-15-13-25(14-16-26)21(27)20(19-7-5-4-6-8-19)17-18-9-11-24-12-10-18/h4-12,20H,13-17H2,1-3H3. The van der Waals surface area contributed by atoms with Crippen molar-refractivity contribution in [3.05, 3.63) is 66.0 Å². The second-order valence-electron chi connectivity index (χ2n) is 8.32. The van der Waals surface area contributed by atoms with Crippen molar-refractivity contribution < 1.29 is 14.3 Å². The topological polar surface area (TPSA) is 62.7 Å². The Kier molecular flexibility index (Phi) is 6.52. The Morgan fingerprint density at radius 1 is 0.966 bits per heavy atom. The van der Waals surface area contributed by atoms with Crippen molar-refractivity contribution in [3.63, 3.8) is 0 Å². The van der Waals surface area contributed by atoms with Gasteiger partial charge in [-0.2, -0.15) is 0 Å².